The first kappa shape index (κ1) is 24.8. The molecule has 12 heteroatoms. The minimum absolute atomic E-state index is 0.0158. The summed E-state index contributed by atoms with van der Waals surface area (Å²) in [6.07, 6.45) is -2.72. The van der Waals surface area contributed by atoms with E-state index >= 15 is 0 Å². The Hall–Kier alpha value is -3.48. The van der Waals surface area contributed by atoms with Crippen LogP contribution in [0.25, 0.3) is 11.2 Å². The molecule has 1 aliphatic rings. The lowest BCUT2D eigenvalue weighted by molar-refractivity contribution is -0.0360. The molecule has 6 rings (SSSR count). The van der Waals surface area contributed by atoms with Crippen molar-refractivity contribution in [1.82, 2.24) is 29.7 Å². The fourth-order valence-electron chi connectivity index (χ4n) is 4.72. The van der Waals surface area contributed by atoms with Gasteiger partial charge in [-0.05, 0) is 29.7 Å². The number of ether oxygens (including phenoxy) is 1. The quantitative estimate of drug-likeness (QED) is 0.259. The molecule has 0 aliphatic carbocycles. The van der Waals surface area contributed by atoms with Gasteiger partial charge in [-0.3, -0.25) is 4.57 Å². The summed E-state index contributed by atoms with van der Waals surface area (Å²) in [6, 6.07) is 20.4. The lowest BCUT2D eigenvalue weighted by Crippen LogP contribution is -2.29. The number of imidazole rings is 1. The van der Waals surface area contributed by atoms with Gasteiger partial charge in [0.05, 0.1) is 6.33 Å². The normalized spacial score (nSPS) is 21.4. The van der Waals surface area contributed by atoms with Crippen LogP contribution >= 0.6 is 22.9 Å². The number of fused-ring (bicyclic) bond motifs is 1. The van der Waals surface area contributed by atoms with E-state index < -0.39 is 24.5 Å². The Balaban J connectivity index is 1.30. The van der Waals surface area contributed by atoms with Gasteiger partial charge in [0.25, 0.3) is 0 Å². The molecule has 2 aromatic carbocycles. The molecule has 4 atom stereocenters. The first-order chi connectivity index (χ1) is 18.5. The summed E-state index contributed by atoms with van der Waals surface area (Å²) in [5.74, 6) is 0.509. The second-order valence-electron chi connectivity index (χ2n) is 9.01. The van der Waals surface area contributed by atoms with Gasteiger partial charge in [-0.2, -0.15) is 9.97 Å². The van der Waals surface area contributed by atoms with Crippen molar-refractivity contribution in [1.29, 1.82) is 0 Å². The summed E-state index contributed by atoms with van der Waals surface area (Å²) >= 11 is 7.63. The molecule has 0 unspecified atom stereocenters. The number of rotatable bonds is 7. The van der Waals surface area contributed by atoms with Crippen LogP contribution in [0.2, 0.25) is 5.28 Å². The first-order valence-electron chi connectivity index (χ1n) is 12.0. The van der Waals surface area contributed by atoms with Crippen LogP contribution in [-0.4, -0.2) is 58.7 Å². The molecule has 0 radical (unpaired) electrons. The van der Waals surface area contributed by atoms with Crippen LogP contribution in [-0.2, 0) is 4.74 Å². The molecule has 3 N–H and O–H groups in total. The molecule has 4 heterocycles. The second-order valence-corrected chi connectivity index (χ2v) is 10.6. The Morgan fingerprint density at radius 2 is 1.68 bits per heavy atom. The van der Waals surface area contributed by atoms with Crippen molar-refractivity contribution in [2.24, 2.45) is 0 Å². The van der Waals surface area contributed by atoms with Crippen molar-refractivity contribution in [3.8, 4) is 0 Å². The minimum Gasteiger partial charge on any atom is -0.387 e. The average molecular weight is 550 g/mol. The number of aliphatic hydroxyl groups is 2. The van der Waals surface area contributed by atoms with Crippen LogP contribution in [0.4, 0.5) is 5.82 Å². The highest BCUT2D eigenvalue weighted by Crippen LogP contribution is 2.41. The summed E-state index contributed by atoms with van der Waals surface area (Å²) in [5, 5.41) is 34.2. The van der Waals surface area contributed by atoms with Gasteiger partial charge in [0, 0.05) is 12.5 Å². The van der Waals surface area contributed by atoms with Crippen LogP contribution in [0.5, 0.6) is 0 Å². The molecule has 5 aromatic rings. The highest BCUT2D eigenvalue weighted by Gasteiger charge is 2.46. The van der Waals surface area contributed by atoms with Gasteiger partial charge in [-0.25, -0.2) is 4.98 Å². The first-order valence-corrected chi connectivity index (χ1v) is 13.2. The maximum Gasteiger partial charge on any atom is 0.226 e. The monoisotopic (exact) mass is 549 g/mol. The van der Waals surface area contributed by atoms with Crippen LogP contribution < -0.4 is 5.32 Å². The largest absolute Gasteiger partial charge is 0.387 e. The minimum atomic E-state index is -1.24. The molecule has 194 valence electrons. The van der Waals surface area contributed by atoms with E-state index in [1.54, 1.807) is 4.57 Å². The maximum atomic E-state index is 10.8. The Kier molecular flexibility index (Phi) is 6.76. The van der Waals surface area contributed by atoms with Crippen LogP contribution in [0.3, 0.4) is 0 Å². The summed E-state index contributed by atoms with van der Waals surface area (Å²) < 4.78 is 7.60. The number of nitrogens with one attached hydrogen (secondary N) is 1. The SMILES string of the molecule is Cc1nnc([C@H]2O[C@@H](n3cnc4c(NCC(c5ccccc5)c5ccccc5)nc(Cl)nc43)[C@H](O)[C@@H]2O)s1. The number of aliphatic hydroxyl groups excluding tert-OH is 2. The summed E-state index contributed by atoms with van der Waals surface area (Å²) in [5.41, 5.74) is 3.15. The van der Waals surface area contributed by atoms with Crippen molar-refractivity contribution in [2.45, 2.75) is 37.4 Å². The van der Waals surface area contributed by atoms with Crippen molar-refractivity contribution < 1.29 is 14.9 Å². The third-order valence-electron chi connectivity index (χ3n) is 6.57. The van der Waals surface area contributed by atoms with E-state index in [9.17, 15) is 10.2 Å². The Morgan fingerprint density at radius 1 is 1.00 bits per heavy atom. The summed E-state index contributed by atoms with van der Waals surface area (Å²) in [7, 11) is 0. The van der Waals surface area contributed by atoms with Gasteiger partial charge in [0.2, 0.25) is 5.28 Å². The van der Waals surface area contributed by atoms with E-state index in [1.165, 1.54) is 17.7 Å². The maximum absolute atomic E-state index is 10.8. The number of halogens is 1. The molecule has 1 aliphatic heterocycles. The molecule has 0 spiro atoms. The van der Waals surface area contributed by atoms with E-state index in [0.717, 1.165) is 16.1 Å². The summed E-state index contributed by atoms with van der Waals surface area (Å²) in [6.45, 7) is 2.34. The third kappa shape index (κ3) is 4.63. The number of hydrogen-bond donors (Lipinski definition) is 3. The smallest absolute Gasteiger partial charge is 0.226 e. The molecule has 10 nitrogen and oxygen atoms in total. The Bertz CT molecular complexity index is 1510. The number of nitrogens with zero attached hydrogens (tertiary/aromatic N) is 6. The van der Waals surface area contributed by atoms with Gasteiger partial charge in [-0.1, -0.05) is 72.0 Å². The molecule has 38 heavy (non-hydrogen) atoms. The third-order valence-corrected chi connectivity index (χ3v) is 7.64. The average Bonchev–Trinajstić information content (AvgIpc) is 3.63. The zero-order valence-corrected chi connectivity index (χ0v) is 21.8. The standard InChI is InChI=1S/C26H24ClN7O3S/c1-14-32-33-24(38-14)21-19(35)20(36)25(37-21)34-13-29-18-22(30-26(27)31-23(18)34)28-12-17(15-8-4-2-5-9-15)16-10-6-3-7-11-16/h2-11,13,17,19-21,25,35-36H,12H2,1H3,(H,28,30,31)/t19-,20+,21-,25+/m0/s1. The predicted molar refractivity (Wildman–Crippen MR) is 143 cm³/mol. The fourth-order valence-corrected chi connectivity index (χ4v) is 5.66. The van der Waals surface area contributed by atoms with Gasteiger partial charge in [-0.15, -0.1) is 10.2 Å². The number of anilines is 1. The molecular formula is C26H24ClN7O3S. The Morgan fingerprint density at radius 3 is 2.32 bits per heavy atom. The number of hydrogen-bond acceptors (Lipinski definition) is 10. The van der Waals surface area contributed by atoms with Gasteiger partial charge >= 0.3 is 0 Å². The lowest BCUT2D eigenvalue weighted by atomic mass is 9.91. The van der Waals surface area contributed by atoms with Gasteiger partial charge in [0.15, 0.2) is 23.2 Å². The molecule has 3 aromatic heterocycles. The molecule has 0 saturated carbocycles. The fraction of sp³-hybridized carbons (Fsp3) is 0.269. The molecule has 0 bridgehead atoms. The van der Waals surface area contributed by atoms with Crippen molar-refractivity contribution >= 4 is 39.9 Å². The summed E-state index contributed by atoms with van der Waals surface area (Å²) in [4.78, 5) is 13.3. The highest BCUT2D eigenvalue weighted by atomic mass is 35.5. The second kappa shape index (κ2) is 10.4. The number of benzene rings is 2. The van der Waals surface area contributed by atoms with Gasteiger partial charge in [0.1, 0.15) is 28.3 Å². The van der Waals surface area contributed by atoms with E-state index in [0.29, 0.717) is 28.5 Å². The molecule has 1 fully saturated rings. The van der Waals surface area contributed by atoms with Crippen molar-refractivity contribution in [2.75, 3.05) is 11.9 Å². The lowest BCUT2D eigenvalue weighted by Gasteiger charge is -2.19. The number of aryl methyl sites for hydroxylation is 1. The van der Waals surface area contributed by atoms with Crippen LogP contribution in [0.15, 0.2) is 67.0 Å². The molecule has 0 amide bonds. The van der Waals surface area contributed by atoms with Gasteiger partial charge < -0.3 is 20.3 Å². The van der Waals surface area contributed by atoms with E-state index in [-0.39, 0.29) is 11.2 Å². The molecule has 1 saturated heterocycles. The van der Waals surface area contributed by atoms with E-state index in [4.69, 9.17) is 16.3 Å². The zero-order valence-electron chi connectivity index (χ0n) is 20.2. The van der Waals surface area contributed by atoms with Crippen LogP contribution in [0.1, 0.15) is 39.4 Å². The molecular weight excluding hydrogens is 526 g/mol. The number of aromatic nitrogens is 6. The zero-order chi connectivity index (χ0) is 26.2. The van der Waals surface area contributed by atoms with Crippen LogP contribution in [0, 0.1) is 6.92 Å². The predicted octanol–water partition coefficient (Wildman–Crippen LogP) is 3.88. The van der Waals surface area contributed by atoms with Crippen molar-refractivity contribution in [3.63, 3.8) is 0 Å². The van der Waals surface area contributed by atoms with E-state index in [2.05, 4.69) is 54.7 Å². The van der Waals surface area contributed by atoms with E-state index in [1.807, 2.05) is 43.3 Å². The van der Waals surface area contributed by atoms with Crippen molar-refractivity contribution in [3.05, 3.63) is 93.4 Å². The topological polar surface area (TPSA) is 131 Å². The highest BCUT2D eigenvalue weighted by molar-refractivity contribution is 7.11. The Labute approximate surface area is 227 Å².